The van der Waals surface area contributed by atoms with Crippen molar-refractivity contribution in [3.8, 4) is 0 Å². The topological polar surface area (TPSA) is 484 Å². The number of ether oxygens (including phenoxy) is 2. The Kier molecular flexibility index (Phi) is 60.6. The summed E-state index contributed by atoms with van der Waals surface area (Å²) in [7, 11) is 0. The lowest BCUT2D eigenvalue weighted by molar-refractivity contribution is -0.157. The second kappa shape index (κ2) is 68.9. The first-order valence-electron chi connectivity index (χ1n) is 50.9. The number of carbonyl (C=O) groups is 13. The Morgan fingerprint density at radius 1 is 0.504 bits per heavy atom. The Hall–Kier alpha value is -6.03. The maximum atomic E-state index is 14.4. The molecule has 14 unspecified atom stereocenters. The van der Waals surface area contributed by atoms with Gasteiger partial charge in [0.25, 0.3) is 0 Å². The van der Waals surface area contributed by atoms with E-state index in [4.69, 9.17) is 32.4 Å². The number of imide groups is 1. The number of nitrogens with zero attached hydrogens (tertiary/aromatic N) is 1. The number of hydrogen-bond donors (Lipinski definition) is 14. The quantitative estimate of drug-likeness (QED) is 0.0153. The second-order valence-corrected chi connectivity index (χ2v) is 40.0. The van der Waals surface area contributed by atoms with Crippen LogP contribution in [0, 0.1) is 35.5 Å². The van der Waals surface area contributed by atoms with E-state index in [0.717, 1.165) is 70.1 Å². The largest absolute Gasteiger partial charge is 0.480 e. The minimum absolute atomic E-state index is 0.0112. The third-order valence-corrected chi connectivity index (χ3v) is 29.3. The van der Waals surface area contributed by atoms with Crippen molar-refractivity contribution >= 4 is 100 Å². The lowest BCUT2D eigenvalue weighted by Crippen LogP contribution is -2.59. The highest BCUT2D eigenvalue weighted by Gasteiger charge is 2.58. The summed E-state index contributed by atoms with van der Waals surface area (Å²) in [6, 6.07) is -7.87. The number of Topliss-reactive ketones (excluding diaryl/α,β-unsaturated/α-hetero) is 1. The van der Waals surface area contributed by atoms with Crippen molar-refractivity contribution < 1.29 is 82.0 Å². The average Bonchev–Trinajstić information content (AvgIpc) is 1.59. The molecule has 3 saturated carbocycles. The van der Waals surface area contributed by atoms with E-state index in [1.807, 2.05) is 0 Å². The molecule has 30 nitrogen and oxygen atoms in total. The molecule has 2 aliphatic heterocycles. The van der Waals surface area contributed by atoms with Crippen LogP contribution in [0.25, 0.3) is 0 Å². The molecule has 5 aliphatic rings. The first kappa shape index (κ1) is 113. The van der Waals surface area contributed by atoms with Gasteiger partial charge in [0, 0.05) is 68.3 Å². The van der Waals surface area contributed by atoms with E-state index >= 15 is 0 Å². The Morgan fingerprint density at radius 2 is 0.969 bits per heavy atom. The number of amides is 9. The van der Waals surface area contributed by atoms with Gasteiger partial charge in [-0.25, -0.2) is 4.79 Å². The molecule has 129 heavy (non-hydrogen) atoms. The Morgan fingerprint density at radius 3 is 1.49 bits per heavy atom. The number of esters is 2. The van der Waals surface area contributed by atoms with Crippen LogP contribution in [0.1, 0.15) is 367 Å². The third-order valence-electron chi connectivity index (χ3n) is 26.9. The lowest BCUT2D eigenvalue weighted by Gasteiger charge is -2.48. The van der Waals surface area contributed by atoms with E-state index in [0.29, 0.717) is 120 Å². The summed E-state index contributed by atoms with van der Waals surface area (Å²) in [6.07, 6.45) is 45.2. The number of unbranched alkanes of at least 4 members (excludes halogenated alkanes) is 29. The summed E-state index contributed by atoms with van der Waals surface area (Å²) in [6.45, 7) is 7.48. The van der Waals surface area contributed by atoms with Crippen LogP contribution in [0.3, 0.4) is 0 Å². The van der Waals surface area contributed by atoms with Crippen LogP contribution in [0.4, 0.5) is 0 Å². The standard InChI is InChI=1S/C97H173N13O17S2/c1-4-6-8-10-12-14-16-18-20-22-24-26-28-49-85(114)126-65-72(127-86(115)50-29-27-25-23-21-19-17-15-13-11-9-7-5-2)66-128-67-75(101)91(118)109-81(64-111)95(122)107-78(46-33-38-58-99)93(120)105-77(45-32-37-57-98)92(119)106-79(47-34-39-59-100)94(121)108-80(97(124)125)48-36-41-61-103-90(117)71-54-52-70(53-55-71)63-110-84(113)62-82(96(110)123)129-68-83(112)102-60-40-35-44-76-89(116)87-73-43-31-30-42-69(3)51-56-74(73)88(87)104-76/h69-82,87-88,104,111H,4-68,98-101H2,1-3H3,(H,102,112)(H,103,117)(H,105,120)(H,106,119)(H,107,122)(H,108,121)(H,109,118)(H,124,125). The molecule has 0 aromatic heterocycles. The van der Waals surface area contributed by atoms with Gasteiger partial charge in [-0.05, 0) is 191 Å². The van der Waals surface area contributed by atoms with Crippen LogP contribution in [0.5, 0.6) is 0 Å². The van der Waals surface area contributed by atoms with Gasteiger partial charge in [0.1, 0.15) is 42.9 Å². The van der Waals surface area contributed by atoms with Gasteiger partial charge in [0.2, 0.25) is 53.2 Å². The number of nitrogens with two attached hydrogens (primary N) is 4. The van der Waals surface area contributed by atoms with Crippen LogP contribution in [-0.2, 0) is 71.8 Å². The minimum Gasteiger partial charge on any atom is -0.480 e. The Bertz CT molecular complexity index is 3250. The van der Waals surface area contributed by atoms with Crippen molar-refractivity contribution in [1.82, 2.24) is 47.4 Å². The first-order chi connectivity index (χ1) is 62.5. The predicted molar refractivity (Wildman–Crippen MR) is 510 cm³/mol. The summed E-state index contributed by atoms with van der Waals surface area (Å²) < 4.78 is 11.5. The highest BCUT2D eigenvalue weighted by molar-refractivity contribution is 8.01. The Labute approximate surface area is 780 Å². The second-order valence-electron chi connectivity index (χ2n) is 37.8. The molecule has 32 heteroatoms. The summed E-state index contributed by atoms with van der Waals surface area (Å²) >= 11 is 2.36. The van der Waals surface area contributed by atoms with Gasteiger partial charge in [-0.15, -0.1) is 11.8 Å². The SMILES string of the molecule is CCCCCCCCCCCCCCCC(=O)OCC(CSCC(N)C(=O)NC(CO)C(=O)NC(CCCCN)C(=O)NC(CCCCN)C(=O)NC(CCCCN)C(=O)NC(CCCCNC(=O)C1CCC(CN2C(=O)CC(SCC(=O)NCCCCC3NC4C5CCC(C)CCCCC5C4C3=O)C2=O)CC1)C(=O)O)OC(=O)CCCCCCCCCCCCCCC. The molecule has 0 aromatic carbocycles. The maximum Gasteiger partial charge on any atom is 0.326 e. The average molecular weight is 1860 g/mol. The van der Waals surface area contributed by atoms with Crippen LogP contribution in [0.15, 0.2) is 0 Å². The van der Waals surface area contributed by atoms with Crippen molar-refractivity contribution in [3.63, 3.8) is 0 Å². The molecule has 14 atom stereocenters. The molecule has 3 aliphatic carbocycles. The number of aliphatic hydroxyl groups is 1. The van der Waals surface area contributed by atoms with Crippen molar-refractivity contribution in [2.24, 2.45) is 58.4 Å². The number of aliphatic hydroxyl groups excluding tert-OH is 1. The number of thioether (sulfide) groups is 2. The van der Waals surface area contributed by atoms with Gasteiger partial charge in [-0.2, -0.15) is 11.8 Å². The fourth-order valence-electron chi connectivity index (χ4n) is 18.9. The number of rotatable bonds is 75. The first-order valence-corrected chi connectivity index (χ1v) is 53.1. The summed E-state index contributed by atoms with van der Waals surface area (Å²) in [5, 5.41) is 43.0. The molecule has 0 spiro atoms. The normalized spacial score (nSPS) is 21.4. The number of aliphatic carboxylic acids is 1. The van der Waals surface area contributed by atoms with E-state index in [-0.39, 0.29) is 155 Å². The minimum atomic E-state index is -1.58. The number of hydrogen-bond acceptors (Lipinski definition) is 23. The van der Waals surface area contributed by atoms with Gasteiger partial charge in [-0.3, -0.25) is 62.4 Å². The molecule has 0 aromatic rings. The fraction of sp³-hybridized carbons (Fsp3) is 0.866. The molecular formula is C97H173N13O17S2. The zero-order valence-electron chi connectivity index (χ0n) is 79.3. The third kappa shape index (κ3) is 46.2. The van der Waals surface area contributed by atoms with Gasteiger partial charge >= 0.3 is 17.9 Å². The van der Waals surface area contributed by atoms with Crippen LogP contribution in [-0.4, -0.2) is 221 Å². The molecule has 5 fully saturated rings. The highest BCUT2D eigenvalue weighted by atomic mass is 32.2. The smallest absolute Gasteiger partial charge is 0.326 e. The van der Waals surface area contributed by atoms with Crippen molar-refractivity contribution in [1.29, 1.82) is 0 Å². The number of fused-ring (bicyclic) bond motifs is 4. The van der Waals surface area contributed by atoms with Crippen molar-refractivity contribution in [3.05, 3.63) is 0 Å². The van der Waals surface area contributed by atoms with Crippen LogP contribution in [0.2, 0.25) is 0 Å². The lowest BCUT2D eigenvalue weighted by atomic mass is 9.58. The van der Waals surface area contributed by atoms with E-state index in [1.54, 1.807) is 0 Å². The number of carbonyl (C=O) groups excluding carboxylic acids is 12. The molecule has 18 N–H and O–H groups in total. The molecule has 2 saturated heterocycles. The Balaban J connectivity index is 1.04. The van der Waals surface area contributed by atoms with Crippen LogP contribution >= 0.6 is 23.5 Å². The maximum absolute atomic E-state index is 14.4. The van der Waals surface area contributed by atoms with Gasteiger partial charge in [0.05, 0.1) is 29.7 Å². The fourth-order valence-corrected chi connectivity index (χ4v) is 20.8. The number of likely N-dealkylation sites (tertiary alicyclic amines) is 1. The van der Waals surface area contributed by atoms with Gasteiger partial charge in [0.15, 0.2) is 5.78 Å². The number of carboxylic acids is 1. The van der Waals surface area contributed by atoms with Crippen molar-refractivity contribution in [2.45, 2.75) is 427 Å². The van der Waals surface area contributed by atoms with E-state index in [1.165, 1.54) is 176 Å². The summed E-state index contributed by atoms with van der Waals surface area (Å²) in [5.41, 5.74) is 23.9. The van der Waals surface area contributed by atoms with Gasteiger partial charge in [-0.1, -0.05) is 201 Å². The molecule has 9 amide bonds. The molecule has 5 rings (SSSR count). The summed E-state index contributed by atoms with van der Waals surface area (Å²) in [5.74, 6) is -4.85. The molecule has 2 heterocycles. The molecule has 0 radical (unpaired) electrons. The van der Waals surface area contributed by atoms with Gasteiger partial charge < -0.3 is 85.2 Å². The van der Waals surface area contributed by atoms with E-state index < -0.39 is 95.7 Å². The van der Waals surface area contributed by atoms with E-state index in [2.05, 4.69) is 63.3 Å². The number of nitrogens with one attached hydrogen (secondary N) is 8. The zero-order chi connectivity index (χ0) is 93.8. The van der Waals surface area contributed by atoms with E-state index in [9.17, 15) is 72.5 Å². The van der Waals surface area contributed by atoms with Crippen molar-refractivity contribution in [2.75, 3.05) is 69.7 Å². The highest BCUT2D eigenvalue weighted by Crippen LogP contribution is 2.52. The zero-order valence-corrected chi connectivity index (χ0v) is 80.9. The van der Waals surface area contributed by atoms with Crippen LogP contribution < -0.4 is 65.5 Å². The number of carboxylic acid groups (broad SMARTS) is 1. The molecular weight excluding hydrogens is 1680 g/mol. The number of ketones is 1. The molecule has 0 bridgehead atoms. The monoisotopic (exact) mass is 1860 g/mol. The predicted octanol–water partition coefficient (Wildman–Crippen LogP) is 11.4. The molecule has 740 valence electrons. The summed E-state index contributed by atoms with van der Waals surface area (Å²) in [4.78, 5) is 177.